The van der Waals surface area contributed by atoms with Crippen LogP contribution in [-0.2, 0) is 19.2 Å². The summed E-state index contributed by atoms with van der Waals surface area (Å²) in [6.07, 6.45) is -6.17. The highest BCUT2D eigenvalue weighted by Gasteiger charge is 2.37. The maximum atomic E-state index is 12.9. The molecule has 10 N–H and O–H groups in total. The fraction of sp³-hybridized carbons (Fsp3) is 0.630. The lowest BCUT2D eigenvalue weighted by atomic mass is 9.98. The number of aliphatic hydroxyl groups excluding tert-OH is 4. The van der Waals surface area contributed by atoms with Crippen molar-refractivity contribution >= 4 is 23.7 Å². The van der Waals surface area contributed by atoms with Crippen LogP contribution >= 0.6 is 0 Å². The van der Waals surface area contributed by atoms with Gasteiger partial charge < -0.3 is 47.2 Å². The summed E-state index contributed by atoms with van der Waals surface area (Å²) in [4.78, 5) is 49.4. The summed E-state index contributed by atoms with van der Waals surface area (Å²) >= 11 is 0. The maximum Gasteiger partial charge on any atom is 0.326 e. The van der Waals surface area contributed by atoms with Crippen molar-refractivity contribution in [2.24, 2.45) is 17.6 Å². The molecule has 0 heterocycles. The van der Waals surface area contributed by atoms with Crippen molar-refractivity contribution in [3.63, 3.8) is 0 Å². The van der Waals surface area contributed by atoms with E-state index in [1.165, 1.54) is 0 Å². The normalized spacial score (nSPS) is 16.8. The van der Waals surface area contributed by atoms with Crippen molar-refractivity contribution in [3.8, 4) is 0 Å². The fourth-order valence-corrected chi connectivity index (χ4v) is 4.05. The van der Waals surface area contributed by atoms with Gasteiger partial charge in [-0.2, -0.15) is 0 Å². The molecule has 3 amide bonds. The number of amides is 3. The summed E-state index contributed by atoms with van der Waals surface area (Å²) < 4.78 is 0. The third kappa shape index (κ3) is 11.6. The minimum atomic E-state index is -2.22. The van der Waals surface area contributed by atoms with E-state index in [-0.39, 0.29) is 24.7 Å². The third-order valence-corrected chi connectivity index (χ3v) is 6.19. The molecule has 1 aromatic rings. The molecule has 7 atom stereocenters. The van der Waals surface area contributed by atoms with Crippen LogP contribution in [0.4, 0.5) is 0 Å². The van der Waals surface area contributed by atoms with E-state index in [0.717, 1.165) is 0 Å². The average molecular weight is 569 g/mol. The first-order valence-electron chi connectivity index (χ1n) is 13.3. The SMILES string of the molecule is CC(C)CC(N)C(=O)NC(CO)C(O)C(O)C(O)C(=O)NC(CC(=O)NC(CC(C)C)C(=O)O)c1ccccc1. The lowest BCUT2D eigenvalue weighted by Gasteiger charge is -2.30. The molecule has 0 aliphatic carbocycles. The minimum Gasteiger partial charge on any atom is -0.480 e. The Kier molecular flexibility index (Phi) is 14.7. The lowest BCUT2D eigenvalue weighted by Crippen LogP contribution is -2.58. The van der Waals surface area contributed by atoms with E-state index >= 15 is 0 Å². The van der Waals surface area contributed by atoms with Gasteiger partial charge in [-0.15, -0.1) is 0 Å². The van der Waals surface area contributed by atoms with Crippen LogP contribution in [0.5, 0.6) is 0 Å². The number of nitrogens with one attached hydrogen (secondary N) is 3. The number of benzene rings is 1. The standard InChI is InChI=1S/C27H44N4O9/c1-14(2)10-17(28)25(37)31-20(13-32)22(34)23(35)24(36)26(38)30-18(16-8-6-5-7-9-16)12-21(33)29-19(27(39)40)11-15(3)4/h5-9,14-15,17-20,22-24,32,34-36H,10-13,28H2,1-4H3,(H,29,33)(H,30,38)(H,31,37)(H,39,40). The smallest absolute Gasteiger partial charge is 0.326 e. The molecule has 0 spiro atoms. The molecule has 1 aromatic carbocycles. The molecule has 0 aromatic heterocycles. The quantitative estimate of drug-likeness (QED) is 0.109. The van der Waals surface area contributed by atoms with Crippen molar-refractivity contribution < 1.29 is 44.7 Å². The summed E-state index contributed by atoms with van der Waals surface area (Å²) in [5, 5.41) is 57.7. The highest BCUT2D eigenvalue weighted by Crippen LogP contribution is 2.18. The zero-order chi connectivity index (χ0) is 30.6. The van der Waals surface area contributed by atoms with Crippen LogP contribution in [0.2, 0.25) is 0 Å². The van der Waals surface area contributed by atoms with Gasteiger partial charge in [-0.05, 0) is 30.2 Å². The Morgan fingerprint density at radius 3 is 1.90 bits per heavy atom. The van der Waals surface area contributed by atoms with Gasteiger partial charge in [-0.25, -0.2) is 4.79 Å². The molecular weight excluding hydrogens is 524 g/mol. The van der Waals surface area contributed by atoms with Gasteiger partial charge in [0.05, 0.1) is 31.2 Å². The highest BCUT2D eigenvalue weighted by atomic mass is 16.4. The summed E-state index contributed by atoms with van der Waals surface area (Å²) in [7, 11) is 0. The summed E-state index contributed by atoms with van der Waals surface area (Å²) in [6, 6.07) is 3.68. The Morgan fingerprint density at radius 2 is 1.40 bits per heavy atom. The van der Waals surface area contributed by atoms with Gasteiger partial charge >= 0.3 is 5.97 Å². The number of rotatable bonds is 17. The van der Waals surface area contributed by atoms with Crippen LogP contribution in [0.1, 0.15) is 58.6 Å². The molecule has 0 bridgehead atoms. The molecule has 0 aliphatic rings. The topological polar surface area (TPSA) is 232 Å². The molecule has 13 nitrogen and oxygen atoms in total. The van der Waals surface area contributed by atoms with Crippen LogP contribution in [0, 0.1) is 11.8 Å². The number of hydrogen-bond acceptors (Lipinski definition) is 9. The van der Waals surface area contributed by atoms with E-state index in [4.69, 9.17) is 5.73 Å². The molecule has 1 rings (SSSR count). The first kappa shape index (κ1) is 34.9. The number of carbonyl (C=O) groups is 4. The number of aliphatic hydroxyl groups is 4. The summed E-state index contributed by atoms with van der Waals surface area (Å²) in [6.45, 7) is 6.51. The zero-order valence-electron chi connectivity index (χ0n) is 23.4. The van der Waals surface area contributed by atoms with Gasteiger partial charge in [0.15, 0.2) is 6.10 Å². The van der Waals surface area contributed by atoms with Gasteiger partial charge in [0, 0.05) is 0 Å². The van der Waals surface area contributed by atoms with E-state index in [2.05, 4.69) is 16.0 Å². The predicted octanol–water partition coefficient (Wildman–Crippen LogP) is -1.22. The predicted molar refractivity (Wildman–Crippen MR) is 145 cm³/mol. The molecule has 0 radical (unpaired) electrons. The van der Waals surface area contributed by atoms with E-state index in [9.17, 15) is 44.7 Å². The molecular formula is C27H44N4O9. The zero-order valence-corrected chi connectivity index (χ0v) is 23.4. The second-order valence-electron chi connectivity index (χ2n) is 10.7. The van der Waals surface area contributed by atoms with Crippen molar-refractivity contribution in [1.29, 1.82) is 0 Å². The molecule has 0 fully saturated rings. The molecule has 7 unspecified atom stereocenters. The number of carboxylic acid groups (broad SMARTS) is 1. The lowest BCUT2D eigenvalue weighted by molar-refractivity contribution is -0.145. The van der Waals surface area contributed by atoms with Crippen molar-refractivity contribution in [2.75, 3.05) is 6.61 Å². The average Bonchev–Trinajstić information content (AvgIpc) is 2.89. The number of carbonyl (C=O) groups excluding carboxylic acids is 3. The molecule has 0 saturated heterocycles. The Balaban J connectivity index is 2.97. The Bertz CT molecular complexity index is 961. The van der Waals surface area contributed by atoms with Crippen molar-refractivity contribution in [1.82, 2.24) is 16.0 Å². The maximum absolute atomic E-state index is 12.9. The highest BCUT2D eigenvalue weighted by molar-refractivity contribution is 5.86. The van der Waals surface area contributed by atoms with Crippen LogP contribution in [0.3, 0.4) is 0 Å². The van der Waals surface area contributed by atoms with Gasteiger partial charge in [0.1, 0.15) is 18.2 Å². The molecule has 40 heavy (non-hydrogen) atoms. The van der Waals surface area contributed by atoms with Crippen molar-refractivity contribution in [3.05, 3.63) is 35.9 Å². The monoisotopic (exact) mass is 568 g/mol. The molecule has 226 valence electrons. The van der Waals surface area contributed by atoms with Gasteiger partial charge in [-0.1, -0.05) is 58.0 Å². The number of aliphatic carboxylic acids is 1. The van der Waals surface area contributed by atoms with E-state index < -0.39 is 72.8 Å². The van der Waals surface area contributed by atoms with Gasteiger partial charge in [0.2, 0.25) is 11.8 Å². The number of nitrogens with two attached hydrogens (primary N) is 1. The first-order valence-corrected chi connectivity index (χ1v) is 13.3. The van der Waals surface area contributed by atoms with Crippen LogP contribution < -0.4 is 21.7 Å². The van der Waals surface area contributed by atoms with E-state index in [1.54, 1.807) is 30.3 Å². The summed E-state index contributed by atoms with van der Waals surface area (Å²) in [5.74, 6) is -3.62. The van der Waals surface area contributed by atoms with E-state index in [1.807, 2.05) is 27.7 Å². The Morgan fingerprint density at radius 1 is 0.825 bits per heavy atom. The Labute approximate surface area is 234 Å². The minimum absolute atomic E-state index is 0.00689. The first-order chi connectivity index (χ1) is 18.7. The fourth-order valence-electron chi connectivity index (χ4n) is 4.05. The van der Waals surface area contributed by atoms with Gasteiger partial charge in [0.25, 0.3) is 5.91 Å². The van der Waals surface area contributed by atoms with Crippen molar-refractivity contribution in [2.45, 2.75) is 89.4 Å². The Hall–Kier alpha value is -3.10. The second kappa shape index (κ2) is 16.9. The largest absolute Gasteiger partial charge is 0.480 e. The number of hydrogen-bond donors (Lipinski definition) is 9. The second-order valence-corrected chi connectivity index (χ2v) is 10.7. The van der Waals surface area contributed by atoms with Crippen LogP contribution in [-0.4, -0.2) is 92.3 Å². The van der Waals surface area contributed by atoms with E-state index in [0.29, 0.717) is 12.0 Å². The number of carboxylic acids is 1. The molecule has 0 aliphatic heterocycles. The third-order valence-electron chi connectivity index (χ3n) is 6.19. The summed E-state index contributed by atoms with van der Waals surface area (Å²) in [5.41, 5.74) is 6.27. The molecule has 0 saturated carbocycles. The molecule has 13 heteroatoms. The van der Waals surface area contributed by atoms with Crippen LogP contribution in [0.25, 0.3) is 0 Å². The van der Waals surface area contributed by atoms with Gasteiger partial charge in [-0.3, -0.25) is 14.4 Å². The van der Waals surface area contributed by atoms with Crippen LogP contribution in [0.15, 0.2) is 30.3 Å².